The number of pyridine rings is 1. The predicted molar refractivity (Wildman–Crippen MR) is 143 cm³/mol. The molecule has 2 aromatic heterocycles. The van der Waals surface area contributed by atoms with Gasteiger partial charge < -0.3 is 14.8 Å². The Morgan fingerprint density at radius 3 is 2.68 bits per heavy atom. The van der Waals surface area contributed by atoms with Gasteiger partial charge >= 0.3 is 6.03 Å². The van der Waals surface area contributed by atoms with E-state index in [2.05, 4.69) is 34.4 Å². The Kier molecular flexibility index (Phi) is 8.21. The normalized spacial score (nSPS) is 18.7. The van der Waals surface area contributed by atoms with Crippen molar-refractivity contribution in [2.75, 3.05) is 45.3 Å². The maximum absolute atomic E-state index is 13.6. The van der Waals surface area contributed by atoms with E-state index in [4.69, 9.17) is 9.47 Å². The number of piperazine rings is 1. The van der Waals surface area contributed by atoms with Gasteiger partial charge in [-0.05, 0) is 36.8 Å². The molecule has 11 heteroatoms. The molecule has 37 heavy (non-hydrogen) atoms. The van der Waals surface area contributed by atoms with Gasteiger partial charge in [0.1, 0.15) is 11.5 Å². The number of halogens is 1. The second-order valence-electron chi connectivity index (χ2n) is 9.33. The van der Waals surface area contributed by atoms with Crippen molar-refractivity contribution in [1.82, 2.24) is 24.7 Å². The Balaban J connectivity index is 0.00000320. The lowest BCUT2D eigenvalue weighted by Crippen LogP contribution is -2.52. The number of imide groups is 1. The number of amides is 3. The van der Waals surface area contributed by atoms with Crippen LogP contribution >= 0.6 is 12.4 Å². The SMILES string of the molecule is COc1ccc(CN2C(=O)CCN(c3cnn4ccc(CN5CCN[C@@H](C)C5)cc34)C2=O)c(OC)c1.Cl. The zero-order chi connectivity index (χ0) is 25.2. The molecule has 2 saturated heterocycles. The molecular weight excluding hydrogens is 496 g/mol. The third-order valence-electron chi connectivity index (χ3n) is 6.85. The Hall–Kier alpha value is -3.34. The molecule has 2 aliphatic heterocycles. The van der Waals surface area contributed by atoms with Crippen LogP contribution in [-0.2, 0) is 17.9 Å². The molecule has 0 radical (unpaired) electrons. The number of nitrogens with zero attached hydrogens (tertiary/aromatic N) is 5. The van der Waals surface area contributed by atoms with E-state index in [0.717, 1.165) is 37.3 Å². The van der Waals surface area contributed by atoms with Crippen LogP contribution in [0.5, 0.6) is 11.5 Å². The van der Waals surface area contributed by atoms with E-state index in [1.807, 2.05) is 12.3 Å². The Morgan fingerprint density at radius 1 is 1.08 bits per heavy atom. The summed E-state index contributed by atoms with van der Waals surface area (Å²) in [6.07, 6.45) is 3.87. The summed E-state index contributed by atoms with van der Waals surface area (Å²) in [5.74, 6) is 1.000. The fourth-order valence-electron chi connectivity index (χ4n) is 4.95. The fraction of sp³-hybridized carbons (Fsp3) is 0.423. The Labute approximate surface area is 222 Å². The van der Waals surface area contributed by atoms with Crippen molar-refractivity contribution in [2.45, 2.75) is 32.5 Å². The van der Waals surface area contributed by atoms with Gasteiger partial charge in [0.2, 0.25) is 5.91 Å². The van der Waals surface area contributed by atoms with Crippen LogP contribution in [0.2, 0.25) is 0 Å². The third kappa shape index (κ3) is 5.51. The Bertz CT molecular complexity index is 1280. The average molecular weight is 529 g/mol. The number of ether oxygens (including phenoxy) is 2. The van der Waals surface area contributed by atoms with Gasteiger partial charge in [0, 0.05) is 63.0 Å². The number of urea groups is 1. The lowest BCUT2D eigenvalue weighted by atomic mass is 10.1. The number of methoxy groups -OCH3 is 2. The number of aromatic nitrogens is 2. The van der Waals surface area contributed by atoms with Crippen LogP contribution in [0.25, 0.3) is 5.52 Å². The van der Waals surface area contributed by atoms with Crippen LogP contribution in [0.1, 0.15) is 24.5 Å². The van der Waals surface area contributed by atoms with Crippen LogP contribution in [0, 0.1) is 0 Å². The second kappa shape index (κ2) is 11.4. The highest BCUT2D eigenvalue weighted by molar-refractivity contribution is 6.07. The molecule has 3 aromatic rings. The monoisotopic (exact) mass is 528 g/mol. The standard InChI is InChI=1S/C26H32N6O4.ClH/c1-18-15-29(11-8-27-18)16-19-6-10-32-22(12-19)23(14-28-32)30-9-7-25(33)31(26(30)34)17-20-4-5-21(35-2)13-24(20)36-3;/h4-6,10,12-14,18,27H,7-9,11,15-17H2,1-3H3;1H/t18-;/m0./s1. The Morgan fingerprint density at radius 2 is 1.92 bits per heavy atom. The van der Waals surface area contributed by atoms with E-state index in [0.29, 0.717) is 29.8 Å². The molecular formula is C26H33ClN6O4. The van der Waals surface area contributed by atoms with Gasteiger partial charge in [0.25, 0.3) is 0 Å². The van der Waals surface area contributed by atoms with Crippen molar-refractivity contribution in [3.8, 4) is 11.5 Å². The minimum absolute atomic E-state index is 0. The van der Waals surface area contributed by atoms with E-state index in [1.165, 1.54) is 10.5 Å². The maximum Gasteiger partial charge on any atom is 0.331 e. The molecule has 198 valence electrons. The van der Waals surface area contributed by atoms with E-state index < -0.39 is 0 Å². The second-order valence-corrected chi connectivity index (χ2v) is 9.33. The highest BCUT2D eigenvalue weighted by Crippen LogP contribution is 2.30. The number of benzene rings is 1. The number of hydrogen-bond donors (Lipinski definition) is 1. The highest BCUT2D eigenvalue weighted by atomic mass is 35.5. The number of fused-ring (bicyclic) bond motifs is 1. The van der Waals surface area contributed by atoms with Crippen LogP contribution in [0.3, 0.4) is 0 Å². The van der Waals surface area contributed by atoms with Crippen molar-refractivity contribution >= 4 is 35.5 Å². The van der Waals surface area contributed by atoms with E-state index in [-0.39, 0.29) is 37.3 Å². The van der Waals surface area contributed by atoms with Gasteiger partial charge in [-0.25, -0.2) is 9.31 Å². The van der Waals surface area contributed by atoms with Crippen LogP contribution < -0.4 is 19.7 Å². The number of hydrogen-bond acceptors (Lipinski definition) is 7. The molecule has 1 atom stereocenters. The van der Waals surface area contributed by atoms with Crippen molar-refractivity contribution < 1.29 is 19.1 Å². The first-order chi connectivity index (χ1) is 17.5. The van der Waals surface area contributed by atoms with Gasteiger partial charge in [-0.1, -0.05) is 0 Å². The van der Waals surface area contributed by atoms with E-state index in [9.17, 15) is 9.59 Å². The van der Waals surface area contributed by atoms with Crippen molar-refractivity contribution in [3.63, 3.8) is 0 Å². The summed E-state index contributed by atoms with van der Waals surface area (Å²) in [4.78, 5) is 31.7. The molecule has 1 N–H and O–H groups in total. The van der Waals surface area contributed by atoms with Crippen molar-refractivity contribution in [3.05, 3.63) is 53.9 Å². The van der Waals surface area contributed by atoms with Gasteiger partial charge in [0.05, 0.1) is 38.2 Å². The molecule has 2 aliphatic rings. The van der Waals surface area contributed by atoms with Crippen molar-refractivity contribution in [2.24, 2.45) is 0 Å². The zero-order valence-corrected chi connectivity index (χ0v) is 22.2. The van der Waals surface area contributed by atoms with Gasteiger partial charge in [-0.15, -0.1) is 12.4 Å². The minimum Gasteiger partial charge on any atom is -0.497 e. The third-order valence-corrected chi connectivity index (χ3v) is 6.85. The van der Waals surface area contributed by atoms with Crippen molar-refractivity contribution in [1.29, 1.82) is 0 Å². The predicted octanol–water partition coefficient (Wildman–Crippen LogP) is 2.93. The van der Waals surface area contributed by atoms with E-state index >= 15 is 0 Å². The summed E-state index contributed by atoms with van der Waals surface area (Å²) < 4.78 is 12.5. The number of anilines is 1. The lowest BCUT2D eigenvalue weighted by Gasteiger charge is -2.34. The first-order valence-corrected chi connectivity index (χ1v) is 12.2. The zero-order valence-electron chi connectivity index (χ0n) is 21.3. The molecule has 0 bridgehead atoms. The maximum atomic E-state index is 13.6. The van der Waals surface area contributed by atoms with Gasteiger partial charge in [-0.2, -0.15) is 5.10 Å². The molecule has 0 saturated carbocycles. The summed E-state index contributed by atoms with van der Waals surface area (Å²) in [6.45, 7) is 6.43. The van der Waals surface area contributed by atoms with Gasteiger partial charge in [0.15, 0.2) is 0 Å². The molecule has 0 aliphatic carbocycles. The summed E-state index contributed by atoms with van der Waals surface area (Å²) >= 11 is 0. The molecule has 0 unspecified atom stereocenters. The molecule has 1 aromatic carbocycles. The molecule has 5 rings (SSSR count). The number of carbonyl (C=O) groups excluding carboxylic acids is 2. The molecule has 10 nitrogen and oxygen atoms in total. The smallest absolute Gasteiger partial charge is 0.331 e. The summed E-state index contributed by atoms with van der Waals surface area (Å²) in [5, 5.41) is 7.94. The minimum atomic E-state index is -0.361. The molecule has 0 spiro atoms. The summed E-state index contributed by atoms with van der Waals surface area (Å²) in [7, 11) is 3.14. The first kappa shape index (κ1) is 26.7. The number of nitrogens with one attached hydrogen (secondary N) is 1. The molecule has 3 amide bonds. The van der Waals surface area contributed by atoms with Crippen LogP contribution in [0.15, 0.2) is 42.7 Å². The topological polar surface area (TPSA) is 91.6 Å². The summed E-state index contributed by atoms with van der Waals surface area (Å²) in [6, 6.07) is 9.62. The van der Waals surface area contributed by atoms with Gasteiger partial charge in [-0.3, -0.25) is 19.5 Å². The van der Waals surface area contributed by atoms with Crippen LogP contribution in [-0.4, -0.2) is 77.8 Å². The highest BCUT2D eigenvalue weighted by Gasteiger charge is 2.34. The number of rotatable bonds is 7. The molecule has 2 fully saturated rings. The fourth-order valence-corrected chi connectivity index (χ4v) is 4.95. The first-order valence-electron chi connectivity index (χ1n) is 12.2. The van der Waals surface area contributed by atoms with Crippen LogP contribution in [0.4, 0.5) is 10.5 Å². The average Bonchev–Trinajstić information content (AvgIpc) is 3.29. The quantitative estimate of drug-likeness (QED) is 0.504. The summed E-state index contributed by atoms with van der Waals surface area (Å²) in [5.41, 5.74) is 3.45. The molecule has 4 heterocycles. The largest absolute Gasteiger partial charge is 0.497 e. The van der Waals surface area contributed by atoms with E-state index in [1.54, 1.807) is 42.0 Å². The lowest BCUT2D eigenvalue weighted by molar-refractivity contribution is -0.129. The number of carbonyl (C=O) groups is 2.